The zero-order valence-corrected chi connectivity index (χ0v) is 8.96. The molecular formula is C11H17NO2. The van der Waals surface area contributed by atoms with E-state index in [0.29, 0.717) is 18.9 Å². The number of hydrogen-bond acceptors (Lipinski definition) is 3. The van der Waals surface area contributed by atoms with E-state index in [0.717, 1.165) is 16.9 Å². The van der Waals surface area contributed by atoms with Gasteiger partial charge in [-0.1, -0.05) is 6.07 Å². The van der Waals surface area contributed by atoms with Crippen molar-refractivity contribution in [3.8, 4) is 5.75 Å². The molecule has 0 heterocycles. The minimum absolute atomic E-state index is 0.532. The summed E-state index contributed by atoms with van der Waals surface area (Å²) in [6.07, 6.45) is 0. The van der Waals surface area contributed by atoms with Gasteiger partial charge in [-0.3, -0.25) is 0 Å². The molecule has 78 valence electrons. The maximum atomic E-state index is 5.84. The highest BCUT2D eigenvalue weighted by molar-refractivity contribution is 5.58. The smallest absolute Gasteiger partial charge is 0.145 e. The summed E-state index contributed by atoms with van der Waals surface area (Å²) < 4.78 is 10.4. The van der Waals surface area contributed by atoms with Crippen LogP contribution in [0, 0.1) is 13.8 Å². The molecule has 3 nitrogen and oxygen atoms in total. The lowest BCUT2D eigenvalue weighted by Crippen LogP contribution is -2.07. The Bertz CT molecular complexity index is 287. The predicted octanol–water partition coefficient (Wildman–Crippen LogP) is 1.91. The van der Waals surface area contributed by atoms with Crippen LogP contribution in [0.25, 0.3) is 0 Å². The number of aryl methyl sites for hydroxylation is 2. The third-order valence-corrected chi connectivity index (χ3v) is 1.98. The number of rotatable bonds is 4. The average molecular weight is 195 g/mol. The molecule has 3 heteroatoms. The van der Waals surface area contributed by atoms with Crippen LogP contribution in [0.2, 0.25) is 0 Å². The Hall–Kier alpha value is -1.22. The summed E-state index contributed by atoms with van der Waals surface area (Å²) in [5.74, 6) is 0.771. The lowest BCUT2D eigenvalue weighted by Gasteiger charge is -2.12. The lowest BCUT2D eigenvalue weighted by molar-refractivity contribution is 0.146. The first-order valence-electron chi connectivity index (χ1n) is 4.63. The van der Waals surface area contributed by atoms with E-state index < -0.39 is 0 Å². The Morgan fingerprint density at radius 3 is 2.50 bits per heavy atom. The van der Waals surface area contributed by atoms with Gasteiger partial charge in [-0.25, -0.2) is 0 Å². The van der Waals surface area contributed by atoms with Gasteiger partial charge in [-0.05, 0) is 31.0 Å². The lowest BCUT2D eigenvalue weighted by atomic mass is 10.1. The summed E-state index contributed by atoms with van der Waals surface area (Å²) >= 11 is 0. The Balaban J connectivity index is 2.75. The van der Waals surface area contributed by atoms with Crippen LogP contribution >= 0.6 is 0 Å². The van der Waals surface area contributed by atoms with Gasteiger partial charge < -0.3 is 15.2 Å². The quantitative estimate of drug-likeness (QED) is 0.589. The molecule has 0 aliphatic heterocycles. The Kier molecular flexibility index (Phi) is 3.77. The van der Waals surface area contributed by atoms with Crippen LogP contribution in [0.15, 0.2) is 12.1 Å². The van der Waals surface area contributed by atoms with E-state index in [9.17, 15) is 0 Å². The summed E-state index contributed by atoms with van der Waals surface area (Å²) in [7, 11) is 1.65. The molecule has 0 unspecified atom stereocenters. The van der Waals surface area contributed by atoms with Crippen LogP contribution in [0.1, 0.15) is 11.1 Å². The van der Waals surface area contributed by atoms with E-state index >= 15 is 0 Å². The molecule has 1 rings (SSSR count). The zero-order chi connectivity index (χ0) is 10.6. The van der Waals surface area contributed by atoms with Crippen LogP contribution in [-0.4, -0.2) is 20.3 Å². The first-order chi connectivity index (χ1) is 6.65. The Morgan fingerprint density at radius 1 is 1.21 bits per heavy atom. The topological polar surface area (TPSA) is 44.5 Å². The monoisotopic (exact) mass is 195 g/mol. The SMILES string of the molecule is COCCOc1c(C)cc(C)cc1N. The predicted molar refractivity (Wildman–Crippen MR) is 57.7 cm³/mol. The van der Waals surface area contributed by atoms with Gasteiger partial charge >= 0.3 is 0 Å². The molecule has 0 saturated carbocycles. The van der Waals surface area contributed by atoms with Crippen molar-refractivity contribution >= 4 is 5.69 Å². The largest absolute Gasteiger partial charge is 0.489 e. The van der Waals surface area contributed by atoms with Crippen LogP contribution in [0.3, 0.4) is 0 Å². The van der Waals surface area contributed by atoms with E-state index in [1.165, 1.54) is 0 Å². The highest BCUT2D eigenvalue weighted by Crippen LogP contribution is 2.27. The van der Waals surface area contributed by atoms with Gasteiger partial charge in [0.05, 0.1) is 12.3 Å². The number of benzene rings is 1. The van der Waals surface area contributed by atoms with Crippen molar-refractivity contribution in [2.75, 3.05) is 26.1 Å². The summed E-state index contributed by atoms with van der Waals surface area (Å²) in [6, 6.07) is 3.97. The molecule has 2 N–H and O–H groups in total. The molecule has 1 aromatic rings. The van der Waals surface area contributed by atoms with Crippen molar-refractivity contribution in [3.63, 3.8) is 0 Å². The summed E-state index contributed by atoms with van der Waals surface area (Å²) in [5.41, 5.74) is 8.75. The zero-order valence-electron chi connectivity index (χ0n) is 8.96. The van der Waals surface area contributed by atoms with E-state index in [1.807, 2.05) is 19.9 Å². The van der Waals surface area contributed by atoms with Gasteiger partial charge in [-0.15, -0.1) is 0 Å². The molecule has 0 aliphatic carbocycles. The molecule has 0 fully saturated rings. The van der Waals surface area contributed by atoms with Crippen molar-refractivity contribution in [2.24, 2.45) is 0 Å². The van der Waals surface area contributed by atoms with E-state index in [4.69, 9.17) is 15.2 Å². The van der Waals surface area contributed by atoms with Crippen molar-refractivity contribution < 1.29 is 9.47 Å². The molecule has 0 aliphatic rings. The molecule has 0 amide bonds. The highest BCUT2D eigenvalue weighted by atomic mass is 16.5. The first-order valence-corrected chi connectivity index (χ1v) is 4.63. The molecule has 0 saturated heterocycles. The van der Waals surface area contributed by atoms with E-state index in [1.54, 1.807) is 7.11 Å². The van der Waals surface area contributed by atoms with Crippen LogP contribution in [0.5, 0.6) is 5.75 Å². The summed E-state index contributed by atoms with van der Waals surface area (Å²) in [5, 5.41) is 0. The standard InChI is InChI=1S/C11H17NO2/c1-8-6-9(2)11(10(12)7-8)14-5-4-13-3/h6-7H,4-5,12H2,1-3H3. The molecule has 0 aromatic heterocycles. The fourth-order valence-corrected chi connectivity index (χ4v) is 1.41. The molecule has 14 heavy (non-hydrogen) atoms. The third kappa shape index (κ3) is 2.64. The van der Waals surface area contributed by atoms with E-state index in [2.05, 4.69) is 6.07 Å². The normalized spacial score (nSPS) is 10.2. The van der Waals surface area contributed by atoms with E-state index in [-0.39, 0.29) is 0 Å². The van der Waals surface area contributed by atoms with Gasteiger partial charge in [0.15, 0.2) is 0 Å². The average Bonchev–Trinajstić information content (AvgIpc) is 2.09. The number of ether oxygens (including phenoxy) is 2. The van der Waals surface area contributed by atoms with Crippen LogP contribution < -0.4 is 10.5 Å². The maximum absolute atomic E-state index is 5.84. The molecule has 1 aromatic carbocycles. The third-order valence-electron chi connectivity index (χ3n) is 1.98. The molecule has 0 atom stereocenters. The Labute approximate surface area is 84.8 Å². The number of hydrogen-bond donors (Lipinski definition) is 1. The second-order valence-electron chi connectivity index (χ2n) is 3.34. The van der Waals surface area contributed by atoms with Crippen molar-refractivity contribution in [2.45, 2.75) is 13.8 Å². The molecule has 0 bridgehead atoms. The second-order valence-corrected chi connectivity index (χ2v) is 3.34. The number of methoxy groups -OCH3 is 1. The molecule has 0 spiro atoms. The van der Waals surface area contributed by atoms with Gasteiger partial charge in [0.1, 0.15) is 12.4 Å². The fourth-order valence-electron chi connectivity index (χ4n) is 1.41. The van der Waals surface area contributed by atoms with Crippen LogP contribution in [0.4, 0.5) is 5.69 Å². The minimum Gasteiger partial charge on any atom is -0.489 e. The van der Waals surface area contributed by atoms with Crippen molar-refractivity contribution in [3.05, 3.63) is 23.3 Å². The number of anilines is 1. The molecule has 0 radical (unpaired) electrons. The second kappa shape index (κ2) is 4.86. The van der Waals surface area contributed by atoms with Crippen molar-refractivity contribution in [1.29, 1.82) is 0 Å². The highest BCUT2D eigenvalue weighted by Gasteiger charge is 2.04. The van der Waals surface area contributed by atoms with Gasteiger partial charge in [-0.2, -0.15) is 0 Å². The number of nitrogens with two attached hydrogens (primary N) is 1. The van der Waals surface area contributed by atoms with Gasteiger partial charge in [0, 0.05) is 7.11 Å². The van der Waals surface area contributed by atoms with Gasteiger partial charge in [0.2, 0.25) is 0 Å². The molecular weight excluding hydrogens is 178 g/mol. The fraction of sp³-hybridized carbons (Fsp3) is 0.455. The Morgan fingerprint density at radius 2 is 1.93 bits per heavy atom. The van der Waals surface area contributed by atoms with Gasteiger partial charge in [0.25, 0.3) is 0 Å². The first kappa shape index (κ1) is 10.9. The number of nitrogen functional groups attached to an aromatic ring is 1. The summed E-state index contributed by atoms with van der Waals surface area (Å²) in [4.78, 5) is 0. The summed E-state index contributed by atoms with van der Waals surface area (Å²) in [6.45, 7) is 5.12. The van der Waals surface area contributed by atoms with Crippen LogP contribution in [-0.2, 0) is 4.74 Å². The maximum Gasteiger partial charge on any atom is 0.145 e. The minimum atomic E-state index is 0.532. The van der Waals surface area contributed by atoms with Crippen molar-refractivity contribution in [1.82, 2.24) is 0 Å².